The topological polar surface area (TPSA) is 115 Å². The minimum absolute atomic E-state index is 0.112. The number of nitrogens with one attached hydrogen (secondary N) is 1. The van der Waals surface area contributed by atoms with Crippen LogP contribution < -0.4 is 16.2 Å². The second-order valence-electron chi connectivity index (χ2n) is 5.80. The molecule has 1 aliphatic carbocycles. The van der Waals surface area contributed by atoms with Crippen molar-refractivity contribution in [3.05, 3.63) is 29.8 Å². The summed E-state index contributed by atoms with van der Waals surface area (Å²) in [5.74, 6) is -0.328. The standard InChI is InChI=1S/C14H21N3O3S/c15-14(7-1-2-8-14)9-13(18)17-12-5-3-11(4-6-12)10-21(16,19)20/h3-6H,1-2,7-10,15H2,(H,17,18)(H2,16,19,20). The molecule has 1 aromatic carbocycles. The molecule has 0 heterocycles. The Hall–Kier alpha value is -1.44. The smallest absolute Gasteiger partial charge is 0.226 e. The van der Waals surface area contributed by atoms with Gasteiger partial charge >= 0.3 is 0 Å². The minimum Gasteiger partial charge on any atom is -0.326 e. The van der Waals surface area contributed by atoms with Crippen LogP contribution in [0.15, 0.2) is 24.3 Å². The Kier molecular flexibility index (Phi) is 4.65. The maximum absolute atomic E-state index is 12.0. The third kappa shape index (κ3) is 5.11. The summed E-state index contributed by atoms with van der Waals surface area (Å²) in [6.07, 6.45) is 4.23. The first-order valence-corrected chi connectivity index (χ1v) is 8.66. The lowest BCUT2D eigenvalue weighted by atomic mass is 9.94. The van der Waals surface area contributed by atoms with Crippen LogP contribution in [0.4, 0.5) is 5.69 Å². The molecule has 7 heteroatoms. The van der Waals surface area contributed by atoms with Gasteiger partial charge in [-0.05, 0) is 30.5 Å². The number of carbonyl (C=O) groups excluding carboxylic acids is 1. The highest BCUT2D eigenvalue weighted by Crippen LogP contribution is 2.30. The molecule has 1 saturated carbocycles. The molecule has 0 aromatic heterocycles. The number of primary sulfonamides is 1. The molecule has 0 aliphatic heterocycles. The van der Waals surface area contributed by atoms with Crippen LogP contribution in [0.3, 0.4) is 0 Å². The molecule has 21 heavy (non-hydrogen) atoms. The number of hydrogen-bond acceptors (Lipinski definition) is 4. The number of amides is 1. The van der Waals surface area contributed by atoms with Crippen molar-refractivity contribution in [1.82, 2.24) is 0 Å². The summed E-state index contributed by atoms with van der Waals surface area (Å²) in [5.41, 5.74) is 7.00. The van der Waals surface area contributed by atoms with Crippen molar-refractivity contribution >= 4 is 21.6 Å². The van der Waals surface area contributed by atoms with Crippen LogP contribution >= 0.6 is 0 Å². The fourth-order valence-electron chi connectivity index (χ4n) is 2.70. The number of hydrogen-bond donors (Lipinski definition) is 3. The number of anilines is 1. The molecule has 1 aliphatic rings. The van der Waals surface area contributed by atoms with Gasteiger partial charge in [0.2, 0.25) is 15.9 Å². The molecular weight excluding hydrogens is 290 g/mol. The summed E-state index contributed by atoms with van der Waals surface area (Å²) in [4.78, 5) is 12.0. The SMILES string of the molecule is NC1(CC(=O)Nc2ccc(CS(N)(=O)=O)cc2)CCCC1. The van der Waals surface area contributed by atoms with Gasteiger partial charge in [0.25, 0.3) is 0 Å². The quantitative estimate of drug-likeness (QED) is 0.754. The first kappa shape index (κ1) is 15.9. The molecule has 0 saturated heterocycles. The van der Waals surface area contributed by atoms with E-state index in [1.807, 2.05) is 0 Å². The molecule has 2 rings (SSSR count). The molecule has 0 atom stereocenters. The van der Waals surface area contributed by atoms with E-state index in [1.54, 1.807) is 24.3 Å². The Labute approximate surface area is 124 Å². The van der Waals surface area contributed by atoms with Crippen LogP contribution in [0, 0.1) is 0 Å². The van der Waals surface area contributed by atoms with E-state index < -0.39 is 10.0 Å². The Morgan fingerprint density at radius 3 is 2.29 bits per heavy atom. The van der Waals surface area contributed by atoms with Crippen LogP contribution in [-0.2, 0) is 20.6 Å². The lowest BCUT2D eigenvalue weighted by Gasteiger charge is -2.22. The van der Waals surface area contributed by atoms with Crippen LogP contribution in [0.25, 0.3) is 0 Å². The van der Waals surface area contributed by atoms with Gasteiger partial charge in [0.15, 0.2) is 0 Å². The fourth-order valence-corrected chi connectivity index (χ4v) is 3.35. The van der Waals surface area contributed by atoms with Crippen molar-refractivity contribution in [2.75, 3.05) is 5.32 Å². The average Bonchev–Trinajstić information content (AvgIpc) is 2.76. The van der Waals surface area contributed by atoms with Gasteiger partial charge in [-0.1, -0.05) is 25.0 Å². The van der Waals surface area contributed by atoms with Crippen molar-refractivity contribution in [3.63, 3.8) is 0 Å². The van der Waals surface area contributed by atoms with Crippen LogP contribution in [0.5, 0.6) is 0 Å². The van der Waals surface area contributed by atoms with Crippen LogP contribution in [0.2, 0.25) is 0 Å². The van der Waals surface area contributed by atoms with E-state index in [4.69, 9.17) is 10.9 Å². The number of rotatable bonds is 5. The monoisotopic (exact) mass is 311 g/mol. The Morgan fingerprint density at radius 2 is 1.76 bits per heavy atom. The average molecular weight is 311 g/mol. The van der Waals surface area contributed by atoms with Crippen molar-refractivity contribution in [3.8, 4) is 0 Å². The molecule has 6 nitrogen and oxygen atoms in total. The number of sulfonamides is 1. The van der Waals surface area contributed by atoms with E-state index in [2.05, 4.69) is 5.32 Å². The maximum atomic E-state index is 12.0. The summed E-state index contributed by atoms with van der Waals surface area (Å²) in [7, 11) is -3.54. The number of nitrogens with two attached hydrogens (primary N) is 2. The zero-order valence-corrected chi connectivity index (χ0v) is 12.7. The summed E-state index contributed by atoms with van der Waals surface area (Å²) in [5, 5.41) is 7.77. The molecule has 0 unspecified atom stereocenters. The molecule has 116 valence electrons. The molecule has 1 aromatic rings. The molecular formula is C14H21N3O3S. The van der Waals surface area contributed by atoms with Gasteiger partial charge in [0.1, 0.15) is 0 Å². The zero-order valence-electron chi connectivity index (χ0n) is 11.8. The fraction of sp³-hybridized carbons (Fsp3) is 0.500. The Balaban J connectivity index is 1.92. The minimum atomic E-state index is -3.54. The normalized spacial score (nSPS) is 17.6. The van der Waals surface area contributed by atoms with Crippen LogP contribution in [-0.4, -0.2) is 19.9 Å². The third-order valence-electron chi connectivity index (χ3n) is 3.72. The predicted molar refractivity (Wildman–Crippen MR) is 81.9 cm³/mol. The largest absolute Gasteiger partial charge is 0.326 e. The molecule has 1 fully saturated rings. The van der Waals surface area contributed by atoms with Crippen molar-refractivity contribution in [1.29, 1.82) is 0 Å². The van der Waals surface area contributed by atoms with Crippen molar-refractivity contribution in [2.45, 2.75) is 43.4 Å². The second kappa shape index (κ2) is 6.13. The Morgan fingerprint density at radius 1 is 1.19 bits per heavy atom. The highest BCUT2D eigenvalue weighted by molar-refractivity contribution is 7.88. The number of benzene rings is 1. The van der Waals surface area contributed by atoms with Gasteiger partial charge in [0, 0.05) is 17.6 Å². The van der Waals surface area contributed by atoms with E-state index in [0.717, 1.165) is 25.7 Å². The highest BCUT2D eigenvalue weighted by Gasteiger charge is 2.31. The third-order valence-corrected chi connectivity index (χ3v) is 4.45. The lowest BCUT2D eigenvalue weighted by molar-refractivity contribution is -0.117. The van der Waals surface area contributed by atoms with Gasteiger partial charge in [-0.2, -0.15) is 0 Å². The van der Waals surface area contributed by atoms with E-state index in [-0.39, 0.29) is 17.2 Å². The highest BCUT2D eigenvalue weighted by atomic mass is 32.2. The molecule has 0 radical (unpaired) electrons. The van der Waals surface area contributed by atoms with Gasteiger partial charge in [-0.15, -0.1) is 0 Å². The molecule has 0 bridgehead atoms. The molecule has 1 amide bonds. The first-order chi connectivity index (χ1) is 9.76. The Bertz CT molecular complexity index is 605. The summed E-state index contributed by atoms with van der Waals surface area (Å²) >= 11 is 0. The van der Waals surface area contributed by atoms with Crippen molar-refractivity contribution < 1.29 is 13.2 Å². The lowest BCUT2D eigenvalue weighted by Crippen LogP contribution is -2.40. The van der Waals surface area contributed by atoms with Crippen molar-refractivity contribution in [2.24, 2.45) is 10.9 Å². The summed E-state index contributed by atoms with van der Waals surface area (Å²) < 4.78 is 22.0. The first-order valence-electron chi connectivity index (χ1n) is 6.94. The second-order valence-corrected chi connectivity index (χ2v) is 7.41. The van der Waals surface area contributed by atoms with Gasteiger partial charge < -0.3 is 11.1 Å². The summed E-state index contributed by atoms with van der Waals surface area (Å²) in [6.45, 7) is 0. The molecule has 0 spiro atoms. The van der Waals surface area contributed by atoms with Gasteiger partial charge in [-0.3, -0.25) is 4.79 Å². The van der Waals surface area contributed by atoms with E-state index in [0.29, 0.717) is 17.7 Å². The summed E-state index contributed by atoms with van der Waals surface area (Å²) in [6, 6.07) is 6.59. The van der Waals surface area contributed by atoms with E-state index >= 15 is 0 Å². The van der Waals surface area contributed by atoms with E-state index in [9.17, 15) is 13.2 Å². The van der Waals surface area contributed by atoms with Crippen LogP contribution in [0.1, 0.15) is 37.7 Å². The number of carbonyl (C=O) groups is 1. The maximum Gasteiger partial charge on any atom is 0.226 e. The molecule has 5 N–H and O–H groups in total. The predicted octanol–water partition coefficient (Wildman–Crippen LogP) is 1.08. The zero-order chi connectivity index (χ0) is 15.5. The van der Waals surface area contributed by atoms with E-state index in [1.165, 1.54) is 0 Å². The van der Waals surface area contributed by atoms with Gasteiger partial charge in [0.05, 0.1) is 5.75 Å². The van der Waals surface area contributed by atoms with Gasteiger partial charge in [-0.25, -0.2) is 13.6 Å².